The zero-order valence-corrected chi connectivity index (χ0v) is 17.7. The van der Waals surface area contributed by atoms with Crippen LogP contribution in [0.3, 0.4) is 0 Å². The molecule has 0 unspecified atom stereocenters. The Labute approximate surface area is 182 Å². The first-order chi connectivity index (χ1) is 15.1. The maximum absolute atomic E-state index is 13.5. The fourth-order valence-electron chi connectivity index (χ4n) is 4.38. The molecule has 0 bridgehead atoms. The lowest BCUT2D eigenvalue weighted by Crippen LogP contribution is -2.43. The molecular weight excluding hydrogens is 389 g/mol. The van der Waals surface area contributed by atoms with Gasteiger partial charge in [0.2, 0.25) is 0 Å². The number of hydrogen-bond acceptors (Lipinski definition) is 4. The third-order valence-corrected chi connectivity index (χ3v) is 6.31. The molecule has 5 rings (SSSR count). The van der Waals surface area contributed by atoms with Crippen LogP contribution in [0, 0.1) is 5.82 Å². The highest BCUT2D eigenvalue weighted by molar-refractivity contribution is 5.86. The van der Waals surface area contributed by atoms with Crippen LogP contribution >= 0.6 is 0 Å². The number of nitrogens with zero attached hydrogens (tertiary/aromatic N) is 3. The summed E-state index contributed by atoms with van der Waals surface area (Å²) < 4.78 is 13.5. The predicted octanol–water partition coefficient (Wildman–Crippen LogP) is 4.33. The lowest BCUT2D eigenvalue weighted by Gasteiger charge is -2.32. The van der Waals surface area contributed by atoms with Gasteiger partial charge in [-0.05, 0) is 47.5 Å². The zero-order chi connectivity index (χ0) is 21.4. The van der Waals surface area contributed by atoms with Crippen molar-refractivity contribution in [2.24, 2.45) is 0 Å². The van der Waals surface area contributed by atoms with E-state index >= 15 is 0 Å². The van der Waals surface area contributed by atoms with Crippen molar-refractivity contribution in [3.8, 4) is 16.9 Å². The Morgan fingerprint density at radius 1 is 0.935 bits per heavy atom. The van der Waals surface area contributed by atoms with E-state index < -0.39 is 5.82 Å². The van der Waals surface area contributed by atoms with Crippen molar-refractivity contribution in [1.82, 2.24) is 14.8 Å². The molecule has 1 aromatic heterocycles. The molecular formula is C26H26FN3O. The van der Waals surface area contributed by atoms with Gasteiger partial charge in [-0.25, -0.2) is 4.39 Å². The Balaban J connectivity index is 1.36. The van der Waals surface area contributed by atoms with E-state index in [4.69, 9.17) is 0 Å². The number of allylic oxidation sites excluding steroid dienone is 1. The summed E-state index contributed by atoms with van der Waals surface area (Å²) in [5, 5.41) is 9.77. The van der Waals surface area contributed by atoms with E-state index in [-0.39, 0.29) is 5.75 Å². The van der Waals surface area contributed by atoms with Crippen LogP contribution in [0.25, 0.3) is 16.7 Å². The Bertz CT molecular complexity index is 1130. The number of likely N-dealkylation sites (N-methyl/N-ethyl adjacent to an activating group) is 1. The fourth-order valence-corrected chi connectivity index (χ4v) is 4.38. The third-order valence-electron chi connectivity index (χ3n) is 6.31. The topological polar surface area (TPSA) is 39.6 Å². The second-order valence-corrected chi connectivity index (χ2v) is 8.48. The number of piperazine rings is 1. The monoisotopic (exact) mass is 415 g/mol. The van der Waals surface area contributed by atoms with Crippen molar-refractivity contribution in [3.63, 3.8) is 0 Å². The first kappa shape index (κ1) is 19.9. The highest BCUT2D eigenvalue weighted by Crippen LogP contribution is 2.35. The van der Waals surface area contributed by atoms with Crippen molar-refractivity contribution in [2.45, 2.75) is 13.0 Å². The van der Waals surface area contributed by atoms with Gasteiger partial charge in [-0.2, -0.15) is 0 Å². The molecule has 1 aliphatic carbocycles. The molecule has 2 aliphatic rings. The van der Waals surface area contributed by atoms with Crippen LogP contribution in [0.4, 0.5) is 4.39 Å². The normalized spacial score (nSPS) is 16.9. The number of hydrogen-bond donors (Lipinski definition) is 1. The van der Waals surface area contributed by atoms with E-state index in [2.05, 4.69) is 58.2 Å². The molecule has 1 saturated heterocycles. The minimum absolute atomic E-state index is 0.327. The van der Waals surface area contributed by atoms with Crippen LogP contribution in [-0.2, 0) is 13.0 Å². The first-order valence-corrected chi connectivity index (χ1v) is 10.8. The minimum atomic E-state index is -0.605. The number of aromatic hydroxyl groups is 1. The minimum Gasteiger partial charge on any atom is -0.505 e. The molecule has 1 N–H and O–H groups in total. The highest BCUT2D eigenvalue weighted by Gasteiger charge is 2.19. The number of rotatable bonds is 4. The molecule has 31 heavy (non-hydrogen) atoms. The summed E-state index contributed by atoms with van der Waals surface area (Å²) in [5.74, 6) is -0.932. The smallest absolute Gasteiger partial charge is 0.164 e. The molecule has 0 spiro atoms. The molecule has 5 heteroatoms. The Morgan fingerprint density at radius 2 is 1.68 bits per heavy atom. The van der Waals surface area contributed by atoms with Gasteiger partial charge in [0.05, 0.1) is 5.69 Å². The summed E-state index contributed by atoms with van der Waals surface area (Å²) in [6.45, 7) is 5.46. The fraction of sp³-hybridized carbons (Fsp3) is 0.269. The van der Waals surface area contributed by atoms with Gasteiger partial charge < -0.3 is 10.0 Å². The zero-order valence-electron chi connectivity index (χ0n) is 17.7. The van der Waals surface area contributed by atoms with E-state index in [9.17, 15) is 9.50 Å². The SMILES string of the molecule is CN1CCN(Cc2ccc(-c3cnc4c(c3)C(c3ccc(F)c(O)c3)=CC4)cc2)CC1. The predicted molar refractivity (Wildman–Crippen MR) is 121 cm³/mol. The third kappa shape index (κ3) is 4.11. The van der Waals surface area contributed by atoms with Crippen molar-refractivity contribution in [2.75, 3.05) is 33.2 Å². The number of benzene rings is 2. The standard InChI is InChI=1S/C26H26FN3O/c1-29-10-12-30(13-11-29)17-18-2-4-19(5-3-18)21-14-23-22(7-9-25(23)28-16-21)20-6-8-24(27)26(31)15-20/h2-8,14-16,31H,9-13,17H2,1H3. The van der Waals surface area contributed by atoms with Crippen molar-refractivity contribution in [1.29, 1.82) is 0 Å². The molecule has 0 atom stereocenters. The van der Waals surface area contributed by atoms with Crippen LogP contribution in [0.15, 0.2) is 60.8 Å². The van der Waals surface area contributed by atoms with E-state index in [1.165, 1.54) is 17.7 Å². The molecule has 1 aliphatic heterocycles. The number of phenolic OH excluding ortho intramolecular Hbond substituents is 1. The summed E-state index contributed by atoms with van der Waals surface area (Å²) in [5.41, 5.74) is 7.36. The Kier molecular flexibility index (Phi) is 5.30. The molecule has 4 nitrogen and oxygen atoms in total. The van der Waals surface area contributed by atoms with Gasteiger partial charge in [0.15, 0.2) is 11.6 Å². The van der Waals surface area contributed by atoms with E-state index in [1.807, 2.05) is 6.20 Å². The van der Waals surface area contributed by atoms with Crippen LogP contribution in [-0.4, -0.2) is 53.1 Å². The number of phenols is 1. The quantitative estimate of drug-likeness (QED) is 0.689. The average molecular weight is 416 g/mol. The van der Waals surface area contributed by atoms with E-state index in [0.717, 1.165) is 72.7 Å². The summed E-state index contributed by atoms with van der Waals surface area (Å²) in [6.07, 6.45) is 4.76. The van der Waals surface area contributed by atoms with Gasteiger partial charge in [-0.1, -0.05) is 36.4 Å². The molecule has 0 radical (unpaired) electrons. The average Bonchev–Trinajstić information content (AvgIpc) is 3.21. The van der Waals surface area contributed by atoms with Gasteiger partial charge in [-0.15, -0.1) is 0 Å². The largest absolute Gasteiger partial charge is 0.505 e. The van der Waals surface area contributed by atoms with Crippen molar-refractivity contribution >= 4 is 5.57 Å². The molecule has 3 aromatic rings. The number of fused-ring (bicyclic) bond motifs is 1. The molecule has 1 fully saturated rings. The van der Waals surface area contributed by atoms with Gasteiger partial charge in [-0.3, -0.25) is 9.88 Å². The Hall–Kier alpha value is -3.02. The molecule has 2 aromatic carbocycles. The highest BCUT2D eigenvalue weighted by atomic mass is 19.1. The van der Waals surface area contributed by atoms with Gasteiger partial charge >= 0.3 is 0 Å². The second kappa shape index (κ2) is 8.25. The Morgan fingerprint density at radius 3 is 2.42 bits per heavy atom. The number of halogens is 1. The first-order valence-electron chi connectivity index (χ1n) is 10.8. The van der Waals surface area contributed by atoms with Crippen LogP contribution in [0.1, 0.15) is 22.4 Å². The molecule has 158 valence electrons. The summed E-state index contributed by atoms with van der Waals surface area (Å²) in [4.78, 5) is 9.55. The maximum atomic E-state index is 13.5. The van der Waals surface area contributed by atoms with Gasteiger partial charge in [0.1, 0.15) is 0 Å². The van der Waals surface area contributed by atoms with Gasteiger partial charge in [0.25, 0.3) is 0 Å². The van der Waals surface area contributed by atoms with Crippen molar-refractivity contribution < 1.29 is 9.50 Å². The summed E-state index contributed by atoms with van der Waals surface area (Å²) in [6, 6.07) is 15.4. The maximum Gasteiger partial charge on any atom is 0.164 e. The molecule has 0 amide bonds. The molecule has 0 saturated carbocycles. The summed E-state index contributed by atoms with van der Waals surface area (Å²) in [7, 11) is 2.18. The van der Waals surface area contributed by atoms with E-state index in [0.29, 0.717) is 0 Å². The van der Waals surface area contributed by atoms with Crippen LogP contribution in [0.2, 0.25) is 0 Å². The lowest BCUT2D eigenvalue weighted by molar-refractivity contribution is 0.148. The lowest BCUT2D eigenvalue weighted by atomic mass is 9.97. The van der Waals surface area contributed by atoms with Gasteiger partial charge in [0, 0.05) is 56.5 Å². The van der Waals surface area contributed by atoms with Crippen LogP contribution < -0.4 is 0 Å². The molecule has 2 heterocycles. The number of pyridine rings is 1. The number of aromatic nitrogens is 1. The summed E-state index contributed by atoms with van der Waals surface area (Å²) >= 11 is 0. The van der Waals surface area contributed by atoms with Crippen LogP contribution in [0.5, 0.6) is 5.75 Å². The van der Waals surface area contributed by atoms with Crippen molar-refractivity contribution in [3.05, 3.63) is 89.0 Å². The second-order valence-electron chi connectivity index (χ2n) is 8.48. The van der Waals surface area contributed by atoms with E-state index in [1.54, 1.807) is 6.07 Å².